The van der Waals surface area contributed by atoms with E-state index in [0.29, 0.717) is 5.69 Å². The standard InChI is InChI=1S/C7H9NO2S/c1-8(11(9)10)7-5-3-2-4-6-7/h2-6H,1H3,(H,9,10)/p-1. The minimum atomic E-state index is -2.18. The van der Waals surface area contributed by atoms with Crippen molar-refractivity contribution >= 4 is 17.0 Å². The monoisotopic (exact) mass is 170 g/mol. The lowest BCUT2D eigenvalue weighted by atomic mass is 10.3. The van der Waals surface area contributed by atoms with Crippen LogP contribution in [0.2, 0.25) is 0 Å². The van der Waals surface area contributed by atoms with Gasteiger partial charge in [-0.2, -0.15) is 0 Å². The lowest BCUT2D eigenvalue weighted by Gasteiger charge is -2.20. The van der Waals surface area contributed by atoms with Gasteiger partial charge in [0.05, 0.1) is 0 Å². The van der Waals surface area contributed by atoms with Gasteiger partial charge in [0.1, 0.15) is 0 Å². The van der Waals surface area contributed by atoms with E-state index in [0.717, 1.165) is 0 Å². The second-order valence-electron chi connectivity index (χ2n) is 2.05. The molecule has 0 aliphatic rings. The summed E-state index contributed by atoms with van der Waals surface area (Å²) in [5, 5.41) is 0. The van der Waals surface area contributed by atoms with Crippen molar-refractivity contribution in [2.75, 3.05) is 11.4 Å². The average molecular weight is 170 g/mol. The van der Waals surface area contributed by atoms with Crippen LogP contribution in [0.15, 0.2) is 30.3 Å². The Hall–Kier alpha value is -0.870. The number of rotatable bonds is 2. The molecule has 0 heterocycles. The van der Waals surface area contributed by atoms with Crippen LogP contribution in [0.1, 0.15) is 0 Å². The van der Waals surface area contributed by atoms with Gasteiger partial charge < -0.3 is 8.86 Å². The van der Waals surface area contributed by atoms with E-state index in [2.05, 4.69) is 0 Å². The molecule has 0 aliphatic carbocycles. The summed E-state index contributed by atoms with van der Waals surface area (Å²) < 4.78 is 22.0. The van der Waals surface area contributed by atoms with Gasteiger partial charge in [-0.3, -0.25) is 4.21 Å². The third kappa shape index (κ3) is 2.03. The summed E-state index contributed by atoms with van der Waals surface area (Å²) in [6, 6.07) is 8.88. The maximum atomic E-state index is 10.4. The SMILES string of the molecule is CN(c1ccccc1)S(=O)[O-]. The largest absolute Gasteiger partial charge is 0.755 e. The molecule has 0 radical (unpaired) electrons. The quantitative estimate of drug-likeness (QED) is 0.619. The molecule has 0 saturated heterocycles. The zero-order chi connectivity index (χ0) is 8.27. The van der Waals surface area contributed by atoms with E-state index in [-0.39, 0.29) is 0 Å². The van der Waals surface area contributed by atoms with E-state index >= 15 is 0 Å². The van der Waals surface area contributed by atoms with Crippen molar-refractivity contribution in [2.24, 2.45) is 0 Å². The molecule has 60 valence electrons. The van der Waals surface area contributed by atoms with Gasteiger partial charge in [-0.25, -0.2) is 0 Å². The fourth-order valence-electron chi connectivity index (χ4n) is 0.724. The van der Waals surface area contributed by atoms with Crippen LogP contribution in [0.25, 0.3) is 0 Å². The van der Waals surface area contributed by atoms with E-state index in [4.69, 9.17) is 0 Å². The van der Waals surface area contributed by atoms with Crippen molar-refractivity contribution < 1.29 is 8.76 Å². The molecular weight excluding hydrogens is 162 g/mol. The van der Waals surface area contributed by atoms with Gasteiger partial charge in [-0.05, 0) is 12.1 Å². The zero-order valence-corrected chi connectivity index (χ0v) is 6.88. The van der Waals surface area contributed by atoms with Crippen molar-refractivity contribution in [3.05, 3.63) is 30.3 Å². The highest BCUT2D eigenvalue weighted by Gasteiger charge is 1.96. The van der Waals surface area contributed by atoms with Crippen LogP contribution in [0.5, 0.6) is 0 Å². The van der Waals surface area contributed by atoms with Crippen molar-refractivity contribution in [3.8, 4) is 0 Å². The Bertz CT molecular complexity index is 250. The third-order valence-electron chi connectivity index (χ3n) is 1.34. The van der Waals surface area contributed by atoms with Crippen molar-refractivity contribution in [2.45, 2.75) is 0 Å². The van der Waals surface area contributed by atoms with E-state index in [1.54, 1.807) is 24.3 Å². The van der Waals surface area contributed by atoms with Gasteiger partial charge in [0.25, 0.3) is 0 Å². The van der Waals surface area contributed by atoms with E-state index in [1.165, 1.54) is 11.4 Å². The smallest absolute Gasteiger partial charge is 0.0479 e. The molecule has 0 aliphatic heterocycles. The summed E-state index contributed by atoms with van der Waals surface area (Å²) in [5.41, 5.74) is 0.667. The van der Waals surface area contributed by atoms with E-state index in [9.17, 15) is 8.76 Å². The fraction of sp³-hybridized carbons (Fsp3) is 0.143. The second kappa shape index (κ2) is 3.50. The maximum Gasteiger partial charge on any atom is 0.0479 e. The first kappa shape index (κ1) is 8.23. The highest BCUT2D eigenvalue weighted by atomic mass is 32.2. The van der Waals surface area contributed by atoms with Crippen LogP contribution in [-0.4, -0.2) is 15.8 Å². The number of hydrogen-bond donors (Lipinski definition) is 0. The van der Waals surface area contributed by atoms with Gasteiger partial charge in [-0.1, -0.05) is 18.2 Å². The molecule has 1 aromatic rings. The summed E-state index contributed by atoms with van der Waals surface area (Å²) >= 11 is -2.18. The van der Waals surface area contributed by atoms with Crippen molar-refractivity contribution in [1.82, 2.24) is 0 Å². The van der Waals surface area contributed by atoms with Crippen LogP contribution in [0.3, 0.4) is 0 Å². The molecule has 0 aromatic heterocycles. The molecule has 1 aromatic carbocycles. The van der Waals surface area contributed by atoms with Crippen molar-refractivity contribution in [1.29, 1.82) is 0 Å². The Labute approximate surface area is 68.1 Å². The predicted molar refractivity (Wildman–Crippen MR) is 43.8 cm³/mol. The molecule has 3 nitrogen and oxygen atoms in total. The molecule has 1 atom stereocenters. The molecule has 4 heteroatoms. The highest BCUT2D eigenvalue weighted by molar-refractivity contribution is 7.80. The Balaban J connectivity index is 2.85. The summed E-state index contributed by atoms with van der Waals surface area (Å²) in [6.45, 7) is 0. The van der Waals surface area contributed by atoms with Gasteiger partial charge in [0, 0.05) is 24.0 Å². The minimum absolute atomic E-state index is 0.667. The molecule has 1 rings (SSSR count). The zero-order valence-electron chi connectivity index (χ0n) is 6.06. The maximum absolute atomic E-state index is 10.4. The Morgan fingerprint density at radius 3 is 2.36 bits per heavy atom. The first-order valence-electron chi connectivity index (χ1n) is 3.10. The number of hydrogen-bond acceptors (Lipinski definition) is 2. The summed E-state index contributed by atoms with van der Waals surface area (Å²) in [6.07, 6.45) is 0. The molecule has 0 N–H and O–H groups in total. The Kier molecular flexibility index (Phi) is 2.62. The minimum Gasteiger partial charge on any atom is -0.755 e. The Morgan fingerprint density at radius 2 is 1.91 bits per heavy atom. The van der Waals surface area contributed by atoms with Crippen LogP contribution in [0, 0.1) is 0 Å². The molecule has 0 bridgehead atoms. The molecule has 0 saturated carbocycles. The first-order valence-corrected chi connectivity index (χ1v) is 4.13. The number of benzene rings is 1. The summed E-state index contributed by atoms with van der Waals surface area (Å²) in [5.74, 6) is 0. The predicted octanol–water partition coefficient (Wildman–Crippen LogP) is 0.917. The van der Waals surface area contributed by atoms with Gasteiger partial charge in [0.2, 0.25) is 0 Å². The lowest BCUT2D eigenvalue weighted by molar-refractivity contribution is 0.535. The first-order chi connectivity index (χ1) is 5.22. The molecular formula is C7H8NO2S-. The fourth-order valence-corrected chi connectivity index (χ4v) is 1.02. The lowest BCUT2D eigenvalue weighted by Crippen LogP contribution is -2.18. The van der Waals surface area contributed by atoms with E-state index in [1.807, 2.05) is 6.07 Å². The van der Waals surface area contributed by atoms with E-state index < -0.39 is 11.3 Å². The van der Waals surface area contributed by atoms with Gasteiger partial charge >= 0.3 is 0 Å². The number of anilines is 1. The normalized spacial score (nSPS) is 12.5. The summed E-state index contributed by atoms with van der Waals surface area (Å²) in [7, 11) is 1.50. The molecule has 0 spiro atoms. The summed E-state index contributed by atoms with van der Waals surface area (Å²) in [4.78, 5) is 0. The van der Waals surface area contributed by atoms with Crippen LogP contribution >= 0.6 is 0 Å². The average Bonchev–Trinajstić information content (AvgIpc) is 2.05. The Morgan fingerprint density at radius 1 is 1.36 bits per heavy atom. The molecule has 11 heavy (non-hydrogen) atoms. The molecule has 0 amide bonds. The third-order valence-corrected chi connectivity index (χ3v) is 2.00. The van der Waals surface area contributed by atoms with Gasteiger partial charge in [0.15, 0.2) is 0 Å². The number of nitrogens with zero attached hydrogens (tertiary/aromatic N) is 1. The molecule has 1 unspecified atom stereocenters. The van der Waals surface area contributed by atoms with Crippen LogP contribution < -0.4 is 4.31 Å². The van der Waals surface area contributed by atoms with Crippen LogP contribution in [-0.2, 0) is 11.3 Å². The highest BCUT2D eigenvalue weighted by Crippen LogP contribution is 2.11. The number of para-hydroxylation sites is 1. The van der Waals surface area contributed by atoms with Gasteiger partial charge in [-0.15, -0.1) is 0 Å². The topological polar surface area (TPSA) is 43.4 Å². The van der Waals surface area contributed by atoms with Crippen LogP contribution in [0.4, 0.5) is 5.69 Å². The molecule has 0 fully saturated rings. The second-order valence-corrected chi connectivity index (χ2v) is 3.03. The van der Waals surface area contributed by atoms with Crippen molar-refractivity contribution in [3.63, 3.8) is 0 Å².